The van der Waals surface area contributed by atoms with E-state index in [1.807, 2.05) is 0 Å². The molecule has 1 aromatic carbocycles. The van der Waals surface area contributed by atoms with Crippen LogP contribution in [0.1, 0.15) is 43.9 Å². The molecule has 1 aliphatic carbocycles. The van der Waals surface area contributed by atoms with Gasteiger partial charge in [0.05, 0.1) is 10.2 Å². The maximum atomic E-state index is 6.25. The molecule has 3 rings (SSSR count). The number of nitrogens with zero attached hydrogens (tertiary/aromatic N) is 2. The maximum absolute atomic E-state index is 6.25. The van der Waals surface area contributed by atoms with Crippen molar-refractivity contribution in [3.63, 3.8) is 0 Å². The first kappa shape index (κ1) is 15.0. The van der Waals surface area contributed by atoms with Crippen LogP contribution in [0.25, 0.3) is 11.4 Å². The van der Waals surface area contributed by atoms with Gasteiger partial charge in [-0.2, -0.15) is 0 Å². The average Bonchev–Trinajstić information content (AvgIpc) is 3.28. The summed E-state index contributed by atoms with van der Waals surface area (Å²) < 4.78 is 0.816. The van der Waals surface area contributed by atoms with Gasteiger partial charge in [-0.3, -0.25) is 0 Å². The van der Waals surface area contributed by atoms with Crippen LogP contribution in [0.15, 0.2) is 28.7 Å². The zero-order chi connectivity index (χ0) is 15.0. The second-order valence-electron chi connectivity index (χ2n) is 6.09. The van der Waals surface area contributed by atoms with E-state index in [1.54, 1.807) is 0 Å². The summed E-state index contributed by atoms with van der Waals surface area (Å²) in [6.45, 7) is 4.35. The molecule has 0 saturated heterocycles. The largest absolute Gasteiger partial charge is 0.232 e. The third-order valence-corrected chi connectivity index (χ3v) is 5.03. The molecule has 0 spiro atoms. The lowest BCUT2D eigenvalue weighted by atomic mass is 10.1. The number of aromatic nitrogens is 2. The third kappa shape index (κ3) is 3.46. The zero-order valence-corrected chi connectivity index (χ0v) is 14.6. The molecule has 21 heavy (non-hydrogen) atoms. The number of benzene rings is 1. The van der Waals surface area contributed by atoms with Crippen LogP contribution in [-0.2, 0) is 6.42 Å². The van der Waals surface area contributed by atoms with Crippen molar-refractivity contribution in [3.8, 4) is 11.4 Å². The Morgan fingerprint density at radius 2 is 1.86 bits per heavy atom. The summed E-state index contributed by atoms with van der Waals surface area (Å²) in [6, 6.07) is 8.58. The SMILES string of the molecule is CC(C)Cc1nc(-c2ccc(C3CC3)cc2)nc(Cl)c1Br. The standard InChI is InChI=1S/C17H18BrClN2/c1-10(2)9-14-15(18)16(19)21-17(20-14)13-7-5-12(6-8-13)11-3-4-11/h5-8,10-11H,3-4,9H2,1-2H3. The summed E-state index contributed by atoms with van der Waals surface area (Å²) in [5.74, 6) is 2.00. The summed E-state index contributed by atoms with van der Waals surface area (Å²) in [6.07, 6.45) is 3.52. The normalized spacial score (nSPS) is 14.7. The number of rotatable bonds is 4. The van der Waals surface area contributed by atoms with Gasteiger partial charge >= 0.3 is 0 Å². The summed E-state index contributed by atoms with van der Waals surface area (Å²) in [4.78, 5) is 9.10. The Hall–Kier alpha value is -0.930. The lowest BCUT2D eigenvalue weighted by Crippen LogP contribution is -2.02. The van der Waals surface area contributed by atoms with E-state index in [0.717, 1.165) is 28.1 Å². The third-order valence-electron chi connectivity index (χ3n) is 3.70. The van der Waals surface area contributed by atoms with Crippen LogP contribution in [-0.4, -0.2) is 9.97 Å². The molecule has 0 amide bonds. The quantitative estimate of drug-likeness (QED) is 0.656. The predicted octanol–water partition coefficient (Wildman–Crippen LogP) is 5.64. The Balaban J connectivity index is 1.95. The van der Waals surface area contributed by atoms with Crippen LogP contribution in [0.2, 0.25) is 5.15 Å². The number of hydrogen-bond donors (Lipinski definition) is 0. The van der Waals surface area contributed by atoms with Gasteiger partial charge in [-0.1, -0.05) is 49.7 Å². The van der Waals surface area contributed by atoms with Crippen LogP contribution >= 0.6 is 27.5 Å². The van der Waals surface area contributed by atoms with Gasteiger partial charge in [-0.05, 0) is 52.6 Å². The molecule has 110 valence electrons. The minimum Gasteiger partial charge on any atom is -0.232 e. The van der Waals surface area contributed by atoms with Gasteiger partial charge in [0.1, 0.15) is 5.15 Å². The molecule has 1 saturated carbocycles. The molecule has 0 atom stereocenters. The molecule has 4 heteroatoms. The fourth-order valence-corrected chi connectivity index (χ4v) is 2.96. The minimum absolute atomic E-state index is 0.488. The van der Waals surface area contributed by atoms with Crippen molar-refractivity contribution in [3.05, 3.63) is 45.1 Å². The monoisotopic (exact) mass is 364 g/mol. The topological polar surface area (TPSA) is 25.8 Å². The Labute approximate surface area is 139 Å². The fraction of sp³-hybridized carbons (Fsp3) is 0.412. The van der Waals surface area contributed by atoms with Crippen molar-refractivity contribution in [2.24, 2.45) is 5.92 Å². The van der Waals surface area contributed by atoms with Crippen molar-refractivity contribution in [2.45, 2.75) is 39.0 Å². The molecule has 1 heterocycles. The highest BCUT2D eigenvalue weighted by molar-refractivity contribution is 9.10. The molecular weight excluding hydrogens is 348 g/mol. The average molecular weight is 366 g/mol. The maximum Gasteiger partial charge on any atom is 0.161 e. The van der Waals surface area contributed by atoms with Gasteiger partial charge in [0.2, 0.25) is 0 Å². The van der Waals surface area contributed by atoms with Gasteiger partial charge in [0, 0.05) is 5.56 Å². The van der Waals surface area contributed by atoms with Crippen molar-refractivity contribution in [2.75, 3.05) is 0 Å². The first-order chi connectivity index (χ1) is 10.0. The molecule has 1 aromatic heterocycles. The van der Waals surface area contributed by atoms with Crippen molar-refractivity contribution >= 4 is 27.5 Å². The Morgan fingerprint density at radius 3 is 2.43 bits per heavy atom. The second-order valence-corrected chi connectivity index (χ2v) is 7.24. The summed E-state index contributed by atoms with van der Waals surface area (Å²) in [7, 11) is 0. The van der Waals surface area contributed by atoms with Crippen LogP contribution in [0.5, 0.6) is 0 Å². The summed E-state index contributed by atoms with van der Waals surface area (Å²) >= 11 is 9.74. The van der Waals surface area contributed by atoms with Crippen molar-refractivity contribution in [1.82, 2.24) is 9.97 Å². The molecule has 0 aliphatic heterocycles. The highest BCUT2D eigenvalue weighted by Gasteiger charge is 2.23. The fourth-order valence-electron chi connectivity index (χ4n) is 2.44. The van der Waals surface area contributed by atoms with E-state index in [-0.39, 0.29) is 0 Å². The summed E-state index contributed by atoms with van der Waals surface area (Å²) in [5, 5.41) is 0.488. The number of halogens is 2. The smallest absolute Gasteiger partial charge is 0.161 e. The molecule has 2 aromatic rings. The van der Waals surface area contributed by atoms with Gasteiger partial charge in [0.15, 0.2) is 5.82 Å². The molecule has 1 aliphatic rings. The number of hydrogen-bond acceptors (Lipinski definition) is 2. The predicted molar refractivity (Wildman–Crippen MR) is 90.7 cm³/mol. The first-order valence-corrected chi connectivity index (χ1v) is 8.54. The van der Waals surface area contributed by atoms with E-state index in [2.05, 4.69) is 59.0 Å². The Bertz CT molecular complexity index is 649. The summed E-state index contributed by atoms with van der Waals surface area (Å²) in [5.41, 5.74) is 3.43. The van der Waals surface area contributed by atoms with E-state index < -0.39 is 0 Å². The van der Waals surface area contributed by atoms with Gasteiger partial charge < -0.3 is 0 Å². The van der Waals surface area contributed by atoms with E-state index in [0.29, 0.717) is 16.9 Å². The van der Waals surface area contributed by atoms with Crippen molar-refractivity contribution in [1.29, 1.82) is 0 Å². The highest BCUT2D eigenvalue weighted by Crippen LogP contribution is 2.40. The Kier molecular flexibility index (Phi) is 4.32. The molecule has 0 radical (unpaired) electrons. The van der Waals surface area contributed by atoms with Gasteiger partial charge in [0.25, 0.3) is 0 Å². The van der Waals surface area contributed by atoms with Crippen LogP contribution in [0.3, 0.4) is 0 Å². The molecule has 0 N–H and O–H groups in total. The minimum atomic E-state index is 0.488. The Morgan fingerprint density at radius 1 is 1.19 bits per heavy atom. The lowest BCUT2D eigenvalue weighted by molar-refractivity contribution is 0.632. The molecule has 0 unspecified atom stereocenters. The molecular formula is C17H18BrClN2. The highest BCUT2D eigenvalue weighted by atomic mass is 79.9. The van der Waals surface area contributed by atoms with E-state index in [4.69, 9.17) is 16.6 Å². The van der Waals surface area contributed by atoms with E-state index >= 15 is 0 Å². The van der Waals surface area contributed by atoms with Gasteiger partial charge in [-0.15, -0.1) is 0 Å². The van der Waals surface area contributed by atoms with E-state index in [1.165, 1.54) is 18.4 Å². The molecule has 1 fully saturated rings. The van der Waals surface area contributed by atoms with Crippen LogP contribution < -0.4 is 0 Å². The lowest BCUT2D eigenvalue weighted by Gasteiger charge is -2.10. The molecule has 0 bridgehead atoms. The van der Waals surface area contributed by atoms with E-state index in [9.17, 15) is 0 Å². The van der Waals surface area contributed by atoms with Crippen LogP contribution in [0, 0.1) is 5.92 Å². The van der Waals surface area contributed by atoms with Crippen LogP contribution in [0.4, 0.5) is 0 Å². The van der Waals surface area contributed by atoms with Gasteiger partial charge in [-0.25, -0.2) is 9.97 Å². The zero-order valence-electron chi connectivity index (χ0n) is 12.2. The van der Waals surface area contributed by atoms with Crippen molar-refractivity contribution < 1.29 is 0 Å². The second kappa shape index (κ2) is 6.05. The molecule has 2 nitrogen and oxygen atoms in total. The first-order valence-electron chi connectivity index (χ1n) is 7.37.